The number of likely N-dealkylation sites (tertiary alicyclic amines) is 1. The molecule has 0 aromatic heterocycles. The third kappa shape index (κ3) is 4.72. The number of amides is 1. The van der Waals surface area contributed by atoms with Crippen LogP contribution in [0.4, 0.5) is 4.79 Å². The normalized spacial score (nSPS) is 28.9. The van der Waals surface area contributed by atoms with Crippen LogP contribution in [-0.2, 0) is 4.74 Å². The fraction of sp³-hybridized carbons (Fsp3) is 0.824. The minimum Gasteiger partial charge on any atom is -0.444 e. The average molecular weight is 373 g/mol. The number of hydrogen-bond acceptors (Lipinski definition) is 3. The maximum Gasteiger partial charge on any atom is 0.410 e. The molecule has 5 heteroatoms. The van der Waals surface area contributed by atoms with E-state index in [1.807, 2.05) is 25.7 Å². The van der Waals surface area contributed by atoms with Crippen LogP contribution in [0.1, 0.15) is 52.9 Å². The second-order valence-electron chi connectivity index (χ2n) is 7.48. The van der Waals surface area contributed by atoms with Crippen LogP contribution in [0.3, 0.4) is 0 Å². The SMILES string of the molecule is C=C(Br)CNC1CCCC1C1CCCN1C(=O)OC(C)(C)C. The zero-order valence-electron chi connectivity index (χ0n) is 14.0. The molecule has 1 aliphatic carbocycles. The minimum atomic E-state index is -0.425. The van der Waals surface area contributed by atoms with E-state index in [2.05, 4.69) is 27.8 Å². The van der Waals surface area contributed by atoms with Crippen molar-refractivity contribution in [2.75, 3.05) is 13.1 Å². The van der Waals surface area contributed by atoms with Crippen LogP contribution >= 0.6 is 15.9 Å². The summed E-state index contributed by atoms with van der Waals surface area (Å²) in [6.45, 7) is 11.3. The molecular formula is C17H29BrN2O2. The van der Waals surface area contributed by atoms with Gasteiger partial charge in [-0.1, -0.05) is 28.9 Å². The number of nitrogens with one attached hydrogen (secondary N) is 1. The van der Waals surface area contributed by atoms with E-state index >= 15 is 0 Å². The van der Waals surface area contributed by atoms with Gasteiger partial charge in [0.25, 0.3) is 0 Å². The Labute approximate surface area is 142 Å². The van der Waals surface area contributed by atoms with E-state index in [0.29, 0.717) is 18.0 Å². The van der Waals surface area contributed by atoms with Crippen molar-refractivity contribution in [2.24, 2.45) is 5.92 Å². The third-order valence-electron chi connectivity index (χ3n) is 4.55. The highest BCUT2D eigenvalue weighted by Gasteiger charge is 2.41. The second-order valence-corrected chi connectivity index (χ2v) is 8.60. The molecule has 2 rings (SSSR count). The zero-order valence-corrected chi connectivity index (χ0v) is 15.6. The summed E-state index contributed by atoms with van der Waals surface area (Å²) in [5.41, 5.74) is -0.425. The van der Waals surface area contributed by atoms with E-state index < -0.39 is 5.60 Å². The number of carbonyl (C=O) groups is 1. The van der Waals surface area contributed by atoms with Crippen molar-refractivity contribution in [1.29, 1.82) is 0 Å². The molecule has 1 aliphatic heterocycles. The Morgan fingerprint density at radius 2 is 2.05 bits per heavy atom. The number of hydrogen-bond donors (Lipinski definition) is 1. The molecule has 1 N–H and O–H groups in total. The Morgan fingerprint density at radius 3 is 2.68 bits per heavy atom. The Bertz CT molecular complexity index is 419. The first-order valence-corrected chi connectivity index (χ1v) is 9.13. The molecule has 0 radical (unpaired) electrons. The van der Waals surface area contributed by atoms with Crippen LogP contribution in [0.5, 0.6) is 0 Å². The van der Waals surface area contributed by atoms with Crippen LogP contribution in [0.2, 0.25) is 0 Å². The van der Waals surface area contributed by atoms with Gasteiger partial charge < -0.3 is 15.0 Å². The maximum absolute atomic E-state index is 12.5. The molecule has 1 saturated heterocycles. The molecule has 0 bridgehead atoms. The molecule has 0 spiro atoms. The van der Waals surface area contributed by atoms with Crippen LogP contribution in [-0.4, -0.2) is 41.8 Å². The molecule has 1 heterocycles. The van der Waals surface area contributed by atoms with Gasteiger partial charge in [-0.3, -0.25) is 0 Å². The lowest BCUT2D eigenvalue weighted by molar-refractivity contribution is 0.0167. The van der Waals surface area contributed by atoms with Gasteiger partial charge in [-0.05, 0) is 52.4 Å². The summed E-state index contributed by atoms with van der Waals surface area (Å²) in [6, 6.07) is 0.792. The van der Waals surface area contributed by atoms with Crippen LogP contribution in [0.25, 0.3) is 0 Å². The second kappa shape index (κ2) is 7.35. The van der Waals surface area contributed by atoms with Crippen LogP contribution < -0.4 is 5.32 Å². The fourth-order valence-corrected chi connectivity index (χ4v) is 3.89. The highest BCUT2D eigenvalue weighted by Crippen LogP contribution is 2.36. The average Bonchev–Trinajstić information content (AvgIpc) is 3.02. The standard InChI is InChI=1S/C17H29BrN2O2/c1-12(18)11-19-14-8-5-7-13(14)15-9-6-10-20(15)16(21)22-17(2,3)4/h13-15,19H,1,5-11H2,2-4H3. The Hall–Kier alpha value is -0.550. The van der Waals surface area contributed by atoms with Gasteiger partial charge in [-0.25, -0.2) is 4.79 Å². The number of ether oxygens (including phenoxy) is 1. The first-order valence-electron chi connectivity index (χ1n) is 8.34. The largest absolute Gasteiger partial charge is 0.444 e. The smallest absolute Gasteiger partial charge is 0.410 e. The summed E-state index contributed by atoms with van der Waals surface area (Å²) < 4.78 is 6.57. The number of rotatable bonds is 4. The van der Waals surface area contributed by atoms with E-state index in [1.165, 1.54) is 19.3 Å². The topological polar surface area (TPSA) is 41.6 Å². The summed E-state index contributed by atoms with van der Waals surface area (Å²) in [7, 11) is 0. The van der Waals surface area contributed by atoms with Crippen molar-refractivity contribution in [3.05, 3.63) is 11.1 Å². The molecule has 126 valence electrons. The molecule has 1 saturated carbocycles. The van der Waals surface area contributed by atoms with E-state index in [1.54, 1.807) is 0 Å². The molecule has 0 aromatic rings. The molecule has 22 heavy (non-hydrogen) atoms. The number of nitrogens with zero attached hydrogens (tertiary/aromatic N) is 1. The summed E-state index contributed by atoms with van der Waals surface area (Å²) in [5.74, 6) is 0.530. The van der Waals surface area contributed by atoms with Gasteiger partial charge in [0.2, 0.25) is 0 Å². The van der Waals surface area contributed by atoms with E-state index in [0.717, 1.165) is 30.4 Å². The lowest BCUT2D eigenvalue weighted by atomic mass is 9.92. The maximum atomic E-state index is 12.5. The summed E-state index contributed by atoms with van der Waals surface area (Å²) >= 11 is 3.41. The van der Waals surface area contributed by atoms with Gasteiger partial charge in [0.1, 0.15) is 5.60 Å². The van der Waals surface area contributed by atoms with Crippen molar-refractivity contribution < 1.29 is 9.53 Å². The van der Waals surface area contributed by atoms with E-state index in [-0.39, 0.29) is 6.09 Å². The van der Waals surface area contributed by atoms with Gasteiger partial charge in [-0.15, -0.1) is 0 Å². The third-order valence-corrected chi connectivity index (χ3v) is 4.83. The Morgan fingerprint density at radius 1 is 1.32 bits per heavy atom. The lowest BCUT2D eigenvalue weighted by Crippen LogP contribution is -2.47. The number of halogens is 1. The highest BCUT2D eigenvalue weighted by molar-refractivity contribution is 9.11. The summed E-state index contributed by atoms with van der Waals surface area (Å²) in [4.78, 5) is 14.4. The molecule has 4 nitrogen and oxygen atoms in total. The quantitative estimate of drug-likeness (QED) is 0.808. The van der Waals surface area contributed by atoms with Gasteiger partial charge in [-0.2, -0.15) is 0 Å². The lowest BCUT2D eigenvalue weighted by Gasteiger charge is -2.34. The summed E-state index contributed by atoms with van der Waals surface area (Å²) in [5, 5.41) is 3.59. The molecule has 3 unspecified atom stereocenters. The first-order chi connectivity index (χ1) is 10.3. The predicted molar refractivity (Wildman–Crippen MR) is 93.2 cm³/mol. The Balaban J connectivity index is 1.99. The highest BCUT2D eigenvalue weighted by atomic mass is 79.9. The van der Waals surface area contributed by atoms with Gasteiger partial charge in [0.05, 0.1) is 0 Å². The van der Waals surface area contributed by atoms with Crippen LogP contribution in [0.15, 0.2) is 11.1 Å². The molecule has 0 aromatic carbocycles. The zero-order chi connectivity index (χ0) is 16.3. The van der Waals surface area contributed by atoms with Crippen molar-refractivity contribution in [3.8, 4) is 0 Å². The Kier molecular flexibility index (Phi) is 5.94. The predicted octanol–water partition coefficient (Wildman–Crippen LogP) is 4.05. The van der Waals surface area contributed by atoms with Crippen molar-refractivity contribution in [1.82, 2.24) is 10.2 Å². The fourth-order valence-electron chi connectivity index (χ4n) is 3.73. The van der Waals surface area contributed by atoms with E-state index in [4.69, 9.17) is 4.74 Å². The van der Waals surface area contributed by atoms with E-state index in [9.17, 15) is 4.79 Å². The molecular weight excluding hydrogens is 344 g/mol. The molecule has 3 atom stereocenters. The van der Waals surface area contributed by atoms with Crippen molar-refractivity contribution in [2.45, 2.75) is 70.6 Å². The van der Waals surface area contributed by atoms with Gasteiger partial charge in [0, 0.05) is 29.7 Å². The molecule has 1 amide bonds. The molecule has 2 aliphatic rings. The monoisotopic (exact) mass is 372 g/mol. The van der Waals surface area contributed by atoms with Crippen LogP contribution in [0, 0.1) is 5.92 Å². The number of carbonyl (C=O) groups excluding carboxylic acids is 1. The minimum absolute atomic E-state index is 0.148. The first kappa shape index (κ1) is 17.8. The molecule has 2 fully saturated rings. The van der Waals surface area contributed by atoms with Gasteiger partial charge in [0.15, 0.2) is 0 Å². The summed E-state index contributed by atoms with van der Waals surface area (Å²) in [6.07, 6.45) is 5.64. The van der Waals surface area contributed by atoms with Crippen molar-refractivity contribution >= 4 is 22.0 Å². The van der Waals surface area contributed by atoms with Gasteiger partial charge >= 0.3 is 6.09 Å². The van der Waals surface area contributed by atoms with Crippen molar-refractivity contribution in [3.63, 3.8) is 0 Å².